The molecule has 92 valence electrons. The molecule has 0 rings (SSSR count). The Kier molecular flexibility index (Phi) is 9.64. The van der Waals surface area contributed by atoms with Crippen molar-refractivity contribution in [3.63, 3.8) is 0 Å². The van der Waals surface area contributed by atoms with Crippen molar-refractivity contribution in [3.05, 3.63) is 0 Å². The summed E-state index contributed by atoms with van der Waals surface area (Å²) < 4.78 is 31.6. The summed E-state index contributed by atoms with van der Waals surface area (Å²) in [5.41, 5.74) is 0. The standard InChI is InChI=1S/C8H16O2.H2O4S/c1-3-5-6-7(4-2)8(9)10;1-5(2,3)4/h7H,3-6H2,1-2H3,(H,9,10);(H2,1,2,3,4). The first-order valence-corrected chi connectivity index (χ1v) is 6.04. The van der Waals surface area contributed by atoms with Gasteiger partial charge in [0.15, 0.2) is 0 Å². The molecule has 0 radical (unpaired) electrons. The van der Waals surface area contributed by atoms with Crippen LogP contribution in [-0.2, 0) is 15.2 Å². The lowest BCUT2D eigenvalue weighted by atomic mass is 10.00. The zero-order valence-electron chi connectivity index (χ0n) is 8.88. The van der Waals surface area contributed by atoms with Crippen LogP contribution in [0.15, 0.2) is 0 Å². The Morgan fingerprint density at radius 3 is 1.87 bits per heavy atom. The third kappa shape index (κ3) is 19.7. The molecule has 0 aromatic heterocycles. The second-order valence-electron chi connectivity index (χ2n) is 3.03. The molecule has 1 atom stereocenters. The van der Waals surface area contributed by atoms with Crippen LogP contribution in [0.4, 0.5) is 0 Å². The van der Waals surface area contributed by atoms with Crippen molar-refractivity contribution in [2.45, 2.75) is 39.5 Å². The summed E-state index contributed by atoms with van der Waals surface area (Å²) in [5, 5.41) is 8.60. The zero-order chi connectivity index (χ0) is 12.5. The van der Waals surface area contributed by atoms with Gasteiger partial charge in [0.25, 0.3) is 0 Å². The first-order valence-electron chi connectivity index (χ1n) is 4.65. The van der Waals surface area contributed by atoms with E-state index in [1.54, 1.807) is 0 Å². The fourth-order valence-corrected chi connectivity index (χ4v) is 0.953. The number of carbonyl (C=O) groups is 1. The lowest BCUT2D eigenvalue weighted by Gasteiger charge is -2.06. The Morgan fingerprint density at radius 2 is 1.67 bits per heavy atom. The molecule has 0 aliphatic rings. The Balaban J connectivity index is 0. The molecule has 0 aliphatic carbocycles. The van der Waals surface area contributed by atoms with E-state index in [0.29, 0.717) is 0 Å². The number of hydrogen-bond donors (Lipinski definition) is 3. The van der Waals surface area contributed by atoms with Crippen LogP contribution in [0.5, 0.6) is 0 Å². The van der Waals surface area contributed by atoms with E-state index < -0.39 is 16.4 Å². The molecule has 0 saturated heterocycles. The lowest BCUT2D eigenvalue weighted by molar-refractivity contribution is -0.142. The van der Waals surface area contributed by atoms with E-state index in [0.717, 1.165) is 25.7 Å². The van der Waals surface area contributed by atoms with Gasteiger partial charge in [-0.3, -0.25) is 13.9 Å². The highest BCUT2D eigenvalue weighted by Crippen LogP contribution is 2.11. The molecule has 3 N–H and O–H groups in total. The van der Waals surface area contributed by atoms with Crippen LogP contribution in [0.2, 0.25) is 0 Å². The van der Waals surface area contributed by atoms with E-state index in [2.05, 4.69) is 6.92 Å². The van der Waals surface area contributed by atoms with Crippen molar-refractivity contribution >= 4 is 16.4 Å². The molecule has 0 aromatic carbocycles. The second-order valence-corrected chi connectivity index (χ2v) is 3.93. The van der Waals surface area contributed by atoms with Gasteiger partial charge < -0.3 is 5.11 Å². The first kappa shape index (κ1) is 16.8. The summed E-state index contributed by atoms with van der Waals surface area (Å²) >= 11 is 0. The van der Waals surface area contributed by atoms with Gasteiger partial charge in [0.05, 0.1) is 5.92 Å². The van der Waals surface area contributed by atoms with Gasteiger partial charge in [-0.1, -0.05) is 26.7 Å². The summed E-state index contributed by atoms with van der Waals surface area (Å²) in [6.45, 7) is 4.00. The minimum atomic E-state index is -4.67. The summed E-state index contributed by atoms with van der Waals surface area (Å²) in [4.78, 5) is 10.4. The predicted molar refractivity (Wildman–Crippen MR) is 55.1 cm³/mol. The maximum Gasteiger partial charge on any atom is 0.394 e. The van der Waals surface area contributed by atoms with Crippen molar-refractivity contribution in [1.82, 2.24) is 0 Å². The fraction of sp³-hybridized carbons (Fsp3) is 0.875. The van der Waals surface area contributed by atoms with E-state index in [9.17, 15) is 4.79 Å². The monoisotopic (exact) mass is 242 g/mol. The molecule has 0 amide bonds. The predicted octanol–water partition coefficient (Wildman–Crippen LogP) is 1.63. The normalized spacial score (nSPS) is 12.5. The van der Waals surface area contributed by atoms with Gasteiger partial charge in [0.1, 0.15) is 0 Å². The second kappa shape index (κ2) is 8.63. The molecule has 0 fully saturated rings. The molecule has 0 bridgehead atoms. The SMILES string of the molecule is CCCCC(CC)C(=O)O.O=S(=O)(O)O. The van der Waals surface area contributed by atoms with Gasteiger partial charge in [0, 0.05) is 0 Å². The van der Waals surface area contributed by atoms with Gasteiger partial charge in [-0.15, -0.1) is 0 Å². The molecule has 0 saturated carbocycles. The summed E-state index contributed by atoms with van der Waals surface area (Å²) in [7, 11) is -4.67. The maximum absolute atomic E-state index is 10.4. The molecule has 6 nitrogen and oxygen atoms in total. The van der Waals surface area contributed by atoms with Crippen molar-refractivity contribution < 1.29 is 27.4 Å². The highest BCUT2D eigenvalue weighted by Gasteiger charge is 2.12. The highest BCUT2D eigenvalue weighted by molar-refractivity contribution is 7.79. The van der Waals surface area contributed by atoms with Crippen LogP contribution in [-0.4, -0.2) is 28.6 Å². The quantitative estimate of drug-likeness (QED) is 0.632. The Hall–Kier alpha value is -0.660. The zero-order valence-corrected chi connectivity index (χ0v) is 9.70. The van der Waals surface area contributed by atoms with Crippen LogP contribution in [0.25, 0.3) is 0 Å². The van der Waals surface area contributed by atoms with Crippen molar-refractivity contribution in [3.8, 4) is 0 Å². The maximum atomic E-state index is 10.4. The van der Waals surface area contributed by atoms with Crippen molar-refractivity contribution in [2.75, 3.05) is 0 Å². The molecule has 0 heterocycles. The van der Waals surface area contributed by atoms with Crippen molar-refractivity contribution in [1.29, 1.82) is 0 Å². The first-order chi connectivity index (χ1) is 6.72. The van der Waals surface area contributed by atoms with E-state index in [4.69, 9.17) is 22.6 Å². The summed E-state index contributed by atoms with van der Waals surface area (Å²) in [5.74, 6) is -0.754. The largest absolute Gasteiger partial charge is 0.481 e. The highest BCUT2D eigenvalue weighted by atomic mass is 32.3. The lowest BCUT2D eigenvalue weighted by Crippen LogP contribution is -2.11. The molecule has 0 spiro atoms. The minimum absolute atomic E-state index is 0.111. The number of carboxylic acid groups (broad SMARTS) is 1. The summed E-state index contributed by atoms with van der Waals surface area (Å²) in [6.07, 6.45) is 3.71. The summed E-state index contributed by atoms with van der Waals surface area (Å²) in [6, 6.07) is 0. The average Bonchev–Trinajstić information content (AvgIpc) is 2.02. The average molecular weight is 242 g/mol. The van der Waals surface area contributed by atoms with Crippen LogP contribution in [0, 0.1) is 5.92 Å². The Bertz CT molecular complexity index is 250. The molecule has 0 aliphatic heterocycles. The van der Waals surface area contributed by atoms with Gasteiger partial charge in [0.2, 0.25) is 0 Å². The van der Waals surface area contributed by atoms with E-state index in [1.807, 2.05) is 6.92 Å². The fourth-order valence-electron chi connectivity index (χ4n) is 0.953. The molecule has 1 unspecified atom stereocenters. The van der Waals surface area contributed by atoms with Crippen molar-refractivity contribution in [2.24, 2.45) is 5.92 Å². The molecule has 0 aromatic rings. The van der Waals surface area contributed by atoms with Crippen LogP contribution < -0.4 is 0 Å². The van der Waals surface area contributed by atoms with Gasteiger partial charge in [-0.25, -0.2) is 0 Å². The van der Waals surface area contributed by atoms with E-state index >= 15 is 0 Å². The number of aliphatic carboxylic acids is 1. The molecule has 7 heteroatoms. The number of carboxylic acids is 1. The number of rotatable bonds is 5. The van der Waals surface area contributed by atoms with E-state index in [-0.39, 0.29) is 5.92 Å². The third-order valence-corrected chi connectivity index (χ3v) is 1.75. The van der Waals surface area contributed by atoms with Gasteiger partial charge >= 0.3 is 16.4 Å². The van der Waals surface area contributed by atoms with Crippen LogP contribution in [0.1, 0.15) is 39.5 Å². The Labute approximate surface area is 89.9 Å². The van der Waals surface area contributed by atoms with Gasteiger partial charge in [-0.2, -0.15) is 8.42 Å². The smallest absolute Gasteiger partial charge is 0.394 e. The number of hydrogen-bond acceptors (Lipinski definition) is 3. The molecular formula is C8H18O6S. The topological polar surface area (TPSA) is 112 Å². The van der Waals surface area contributed by atoms with Crippen LogP contribution >= 0.6 is 0 Å². The molecule has 15 heavy (non-hydrogen) atoms. The van der Waals surface area contributed by atoms with E-state index in [1.165, 1.54) is 0 Å². The molecular weight excluding hydrogens is 224 g/mol. The third-order valence-electron chi connectivity index (χ3n) is 1.75. The van der Waals surface area contributed by atoms with Crippen LogP contribution in [0.3, 0.4) is 0 Å². The van der Waals surface area contributed by atoms with Gasteiger partial charge in [-0.05, 0) is 12.8 Å². The minimum Gasteiger partial charge on any atom is -0.481 e. The number of unbranched alkanes of at least 4 members (excludes halogenated alkanes) is 1. The Morgan fingerprint density at radius 1 is 1.27 bits per heavy atom.